The van der Waals surface area contributed by atoms with Gasteiger partial charge < -0.3 is 38.9 Å². The second kappa shape index (κ2) is 11.2. The van der Waals surface area contributed by atoms with Crippen LogP contribution in [0.15, 0.2) is 34.7 Å². The molecule has 2 N–H and O–H groups in total. The zero-order chi connectivity index (χ0) is 30.2. The lowest BCUT2D eigenvalue weighted by molar-refractivity contribution is -0.133. The number of hydrogen-bond donors (Lipinski definition) is 2. The largest absolute Gasteiger partial charge is 0.496 e. The predicted octanol–water partition coefficient (Wildman–Crippen LogP) is 2.79. The van der Waals surface area contributed by atoms with Gasteiger partial charge in [-0.05, 0) is 44.2 Å². The maximum atomic E-state index is 14.5. The predicted molar refractivity (Wildman–Crippen MR) is 144 cm³/mol. The number of benzene rings is 2. The maximum Gasteiger partial charge on any atom is 0.294 e. The van der Waals surface area contributed by atoms with Crippen LogP contribution in [0, 0.1) is 11.6 Å². The first-order chi connectivity index (χ1) is 20.0. The van der Waals surface area contributed by atoms with Crippen molar-refractivity contribution in [3.05, 3.63) is 58.9 Å². The van der Waals surface area contributed by atoms with E-state index in [0.717, 1.165) is 6.07 Å². The molecular weight excluding hydrogens is 556 g/mol. The Morgan fingerprint density at radius 1 is 1.10 bits per heavy atom. The lowest BCUT2D eigenvalue weighted by Gasteiger charge is -2.38. The Labute approximate surface area is 240 Å². The fraction of sp³-hybridized carbons (Fsp3) is 0.414. The summed E-state index contributed by atoms with van der Waals surface area (Å²) in [6.45, 7) is 3.57. The number of halogens is 2. The Hall–Kier alpha value is -4.23. The highest BCUT2D eigenvalue weighted by atomic mass is 19.2. The van der Waals surface area contributed by atoms with Crippen molar-refractivity contribution >= 4 is 28.7 Å². The lowest BCUT2D eigenvalue weighted by atomic mass is 9.99. The minimum atomic E-state index is -1.60. The number of carbonyl (C=O) groups excluding carboxylic acids is 3. The van der Waals surface area contributed by atoms with Crippen molar-refractivity contribution in [2.24, 2.45) is 0 Å². The van der Waals surface area contributed by atoms with Gasteiger partial charge in [0.2, 0.25) is 11.7 Å². The van der Waals surface area contributed by atoms with Crippen molar-refractivity contribution in [1.82, 2.24) is 15.5 Å². The Kier molecular flexibility index (Phi) is 7.82. The van der Waals surface area contributed by atoms with Gasteiger partial charge in [0.05, 0.1) is 43.4 Å². The number of furan rings is 1. The van der Waals surface area contributed by atoms with Crippen molar-refractivity contribution in [1.29, 1.82) is 0 Å². The molecule has 0 bridgehead atoms. The molecular formula is C29H31F2N3O8. The van der Waals surface area contributed by atoms with Gasteiger partial charge in [0.25, 0.3) is 11.8 Å². The first-order valence-electron chi connectivity index (χ1n) is 13.2. The second-order valence-corrected chi connectivity index (χ2v) is 10.7. The molecule has 0 spiro atoms. The molecule has 2 aliphatic rings. The third-order valence-electron chi connectivity index (χ3n) is 7.50. The standard InChI is InChI=1S/C29H31F2N3O8/c1-28(13-40-14-28)33-25(35)16-5-6-17-21(11-16)42-24-23(17)41-15-29(2,34(26(24)36)9-10-38-3)27(37)32-12-18-20(39-4)8-7-19(30)22(18)31/h5-8,11H,9-10,12-15H2,1-4H3,(H,32,37)(H,33,35). The van der Waals surface area contributed by atoms with Crippen molar-refractivity contribution in [3.63, 3.8) is 0 Å². The molecule has 0 aliphatic carbocycles. The van der Waals surface area contributed by atoms with Crippen LogP contribution in [0.4, 0.5) is 8.78 Å². The van der Waals surface area contributed by atoms with E-state index in [9.17, 15) is 23.2 Å². The minimum Gasteiger partial charge on any atom is -0.496 e. The molecule has 3 aromatic rings. The topological polar surface area (TPSA) is 129 Å². The summed E-state index contributed by atoms with van der Waals surface area (Å²) in [5.74, 6) is -3.86. The van der Waals surface area contributed by atoms with Crippen molar-refractivity contribution in [2.75, 3.05) is 47.2 Å². The Morgan fingerprint density at radius 2 is 1.86 bits per heavy atom. The van der Waals surface area contributed by atoms with Crippen LogP contribution in [0.1, 0.15) is 40.3 Å². The molecule has 1 fully saturated rings. The number of nitrogens with zero attached hydrogens (tertiary/aromatic N) is 1. The monoisotopic (exact) mass is 587 g/mol. The molecule has 0 radical (unpaired) electrons. The number of methoxy groups -OCH3 is 2. The summed E-state index contributed by atoms with van der Waals surface area (Å²) in [6, 6.07) is 6.90. The van der Waals surface area contributed by atoms with E-state index in [-0.39, 0.29) is 54.1 Å². The maximum absolute atomic E-state index is 14.5. The van der Waals surface area contributed by atoms with Crippen molar-refractivity contribution in [2.45, 2.75) is 31.5 Å². The van der Waals surface area contributed by atoms with E-state index in [0.29, 0.717) is 24.2 Å². The van der Waals surface area contributed by atoms with Gasteiger partial charge in [-0.2, -0.15) is 0 Å². The smallest absolute Gasteiger partial charge is 0.294 e. The first kappa shape index (κ1) is 29.3. The van der Waals surface area contributed by atoms with E-state index in [2.05, 4.69) is 10.6 Å². The molecule has 3 heterocycles. The molecule has 1 atom stereocenters. The molecule has 1 unspecified atom stereocenters. The van der Waals surface area contributed by atoms with Gasteiger partial charge in [0, 0.05) is 25.8 Å². The fourth-order valence-electron chi connectivity index (χ4n) is 4.97. The summed E-state index contributed by atoms with van der Waals surface area (Å²) >= 11 is 0. The molecule has 1 aromatic heterocycles. The third kappa shape index (κ3) is 5.13. The van der Waals surface area contributed by atoms with Crippen molar-refractivity contribution < 1.29 is 46.5 Å². The molecule has 5 rings (SSSR count). The fourth-order valence-corrected chi connectivity index (χ4v) is 4.97. The molecule has 13 heteroatoms. The Morgan fingerprint density at radius 3 is 2.52 bits per heavy atom. The number of carbonyl (C=O) groups is 3. The van der Waals surface area contributed by atoms with Gasteiger partial charge in [-0.3, -0.25) is 14.4 Å². The summed E-state index contributed by atoms with van der Waals surface area (Å²) in [7, 11) is 2.75. The molecule has 2 aliphatic heterocycles. The first-order valence-corrected chi connectivity index (χ1v) is 13.2. The number of ether oxygens (including phenoxy) is 4. The van der Waals surface area contributed by atoms with E-state index in [4.69, 9.17) is 23.4 Å². The molecule has 3 amide bonds. The van der Waals surface area contributed by atoms with Crippen LogP contribution >= 0.6 is 0 Å². The van der Waals surface area contributed by atoms with E-state index < -0.39 is 41.1 Å². The Balaban J connectivity index is 1.42. The van der Waals surface area contributed by atoms with Crippen LogP contribution in [0.3, 0.4) is 0 Å². The molecule has 224 valence electrons. The van der Waals surface area contributed by atoms with E-state index in [1.165, 1.54) is 38.2 Å². The van der Waals surface area contributed by atoms with E-state index in [1.807, 2.05) is 6.92 Å². The zero-order valence-corrected chi connectivity index (χ0v) is 23.6. The molecule has 1 saturated heterocycles. The highest BCUT2D eigenvalue weighted by Crippen LogP contribution is 2.39. The average molecular weight is 588 g/mol. The van der Waals surface area contributed by atoms with Gasteiger partial charge in [0.15, 0.2) is 22.9 Å². The minimum absolute atomic E-state index is 0.00887. The number of hydrogen-bond acceptors (Lipinski definition) is 8. The summed E-state index contributed by atoms with van der Waals surface area (Å²) in [5, 5.41) is 5.95. The second-order valence-electron chi connectivity index (χ2n) is 10.7. The van der Waals surface area contributed by atoms with Gasteiger partial charge in [-0.25, -0.2) is 8.78 Å². The summed E-state index contributed by atoms with van der Waals surface area (Å²) in [5.41, 5.74) is -1.66. The highest BCUT2D eigenvalue weighted by molar-refractivity contribution is 6.06. The van der Waals surface area contributed by atoms with Gasteiger partial charge in [-0.15, -0.1) is 0 Å². The number of rotatable bonds is 9. The quantitative estimate of drug-likeness (QED) is 0.391. The zero-order valence-electron chi connectivity index (χ0n) is 23.6. The number of fused-ring (bicyclic) bond motifs is 3. The van der Waals surface area contributed by atoms with Crippen molar-refractivity contribution in [3.8, 4) is 11.5 Å². The van der Waals surface area contributed by atoms with Gasteiger partial charge in [-0.1, -0.05) is 0 Å². The van der Waals surface area contributed by atoms with Crippen LogP contribution < -0.4 is 20.1 Å². The van der Waals surface area contributed by atoms with Crippen LogP contribution in [0.2, 0.25) is 0 Å². The Bertz CT molecular complexity index is 1550. The van der Waals surface area contributed by atoms with Crippen LogP contribution in [0.5, 0.6) is 11.5 Å². The molecule has 42 heavy (non-hydrogen) atoms. The number of nitrogens with one attached hydrogen (secondary N) is 2. The van der Waals surface area contributed by atoms with Crippen LogP contribution in [-0.2, 0) is 20.8 Å². The molecule has 2 aromatic carbocycles. The SMILES string of the molecule is COCCN1C(=O)c2oc3cc(C(=O)NC4(C)COC4)ccc3c2OCC1(C)C(=O)NCc1c(OC)ccc(F)c1F. The lowest BCUT2D eigenvalue weighted by Crippen LogP contribution is -2.61. The molecule has 0 saturated carbocycles. The van der Waals surface area contributed by atoms with Gasteiger partial charge >= 0.3 is 0 Å². The summed E-state index contributed by atoms with van der Waals surface area (Å²) < 4.78 is 55.8. The van der Waals surface area contributed by atoms with Crippen LogP contribution in [-0.4, -0.2) is 80.9 Å². The average Bonchev–Trinajstić information content (AvgIpc) is 3.28. The van der Waals surface area contributed by atoms with E-state index in [1.54, 1.807) is 12.1 Å². The van der Waals surface area contributed by atoms with Crippen LogP contribution in [0.25, 0.3) is 11.0 Å². The highest BCUT2D eigenvalue weighted by Gasteiger charge is 2.48. The summed E-state index contributed by atoms with van der Waals surface area (Å²) in [4.78, 5) is 41.5. The summed E-state index contributed by atoms with van der Waals surface area (Å²) in [6.07, 6.45) is 0. The molecule has 11 nitrogen and oxygen atoms in total. The third-order valence-corrected chi connectivity index (χ3v) is 7.50. The number of amides is 3. The van der Waals surface area contributed by atoms with E-state index >= 15 is 0 Å². The normalized spacial score (nSPS) is 19.4. The van der Waals surface area contributed by atoms with Gasteiger partial charge in [0.1, 0.15) is 17.9 Å².